The molecule has 0 atom stereocenters. The van der Waals surface area contributed by atoms with Crippen LogP contribution in [0.4, 0.5) is 10.1 Å². The molecule has 1 N–H and O–H groups in total. The van der Waals surface area contributed by atoms with Crippen molar-refractivity contribution in [2.75, 3.05) is 18.5 Å². The van der Waals surface area contributed by atoms with E-state index in [1.807, 2.05) is 0 Å². The second-order valence-electron chi connectivity index (χ2n) is 5.36. The molecule has 0 radical (unpaired) electrons. The topological polar surface area (TPSA) is 32.3 Å². The fourth-order valence-corrected chi connectivity index (χ4v) is 1.52. The monoisotopic (exact) mass is 252 g/mol. The molecular weight excluding hydrogens is 231 g/mol. The summed E-state index contributed by atoms with van der Waals surface area (Å²) in [6.45, 7) is 6.80. The molecule has 0 aliphatic rings. The average Bonchev–Trinajstić information content (AvgIpc) is 2.27. The first-order valence-corrected chi connectivity index (χ1v) is 6.07. The van der Waals surface area contributed by atoms with Crippen molar-refractivity contribution in [3.63, 3.8) is 0 Å². The number of nitrogens with zero attached hydrogens (tertiary/aromatic N) is 1. The maximum absolute atomic E-state index is 12.8. The summed E-state index contributed by atoms with van der Waals surface area (Å²) in [6.07, 6.45) is 0.422. The van der Waals surface area contributed by atoms with E-state index in [4.69, 9.17) is 0 Å². The first-order chi connectivity index (χ1) is 8.29. The van der Waals surface area contributed by atoms with Crippen molar-refractivity contribution >= 4 is 11.6 Å². The van der Waals surface area contributed by atoms with Gasteiger partial charge in [0.15, 0.2) is 0 Å². The fraction of sp³-hybridized carbons (Fsp3) is 0.500. The Morgan fingerprint density at radius 1 is 1.28 bits per heavy atom. The van der Waals surface area contributed by atoms with Crippen LogP contribution in [0.2, 0.25) is 0 Å². The van der Waals surface area contributed by atoms with Crippen molar-refractivity contribution in [2.45, 2.75) is 32.7 Å². The van der Waals surface area contributed by atoms with Gasteiger partial charge in [-0.2, -0.15) is 0 Å². The predicted octanol–water partition coefficient (Wildman–Crippen LogP) is 2.57. The summed E-state index contributed by atoms with van der Waals surface area (Å²) in [5.41, 5.74) is 0.714. The van der Waals surface area contributed by atoms with Crippen LogP contribution >= 0.6 is 0 Å². The zero-order valence-electron chi connectivity index (χ0n) is 11.5. The number of anilines is 1. The summed E-state index contributed by atoms with van der Waals surface area (Å²) in [5.74, 6) is -0.285. The molecule has 0 spiro atoms. The van der Waals surface area contributed by atoms with E-state index in [-0.39, 0.29) is 17.3 Å². The molecule has 0 saturated carbocycles. The largest absolute Gasteiger partial charge is 0.315 e. The van der Waals surface area contributed by atoms with Gasteiger partial charge in [0, 0.05) is 31.2 Å². The Morgan fingerprint density at radius 3 is 2.33 bits per heavy atom. The van der Waals surface area contributed by atoms with Gasteiger partial charge in [-0.15, -0.1) is 0 Å². The van der Waals surface area contributed by atoms with Gasteiger partial charge in [0.2, 0.25) is 5.91 Å². The molecule has 1 aromatic rings. The number of rotatable bonds is 4. The van der Waals surface area contributed by atoms with Gasteiger partial charge in [-0.25, -0.2) is 4.39 Å². The predicted molar refractivity (Wildman–Crippen MR) is 72.2 cm³/mol. The molecule has 0 aliphatic carbocycles. The molecule has 18 heavy (non-hydrogen) atoms. The van der Waals surface area contributed by atoms with Crippen LogP contribution in [0.15, 0.2) is 24.3 Å². The maximum atomic E-state index is 12.8. The highest BCUT2D eigenvalue weighted by Gasteiger charge is 2.13. The van der Waals surface area contributed by atoms with Gasteiger partial charge in [-0.3, -0.25) is 4.79 Å². The molecule has 0 bridgehead atoms. The van der Waals surface area contributed by atoms with Crippen molar-refractivity contribution < 1.29 is 9.18 Å². The fourth-order valence-electron chi connectivity index (χ4n) is 1.52. The summed E-state index contributed by atoms with van der Waals surface area (Å²) in [4.78, 5) is 13.5. The lowest BCUT2D eigenvalue weighted by Gasteiger charge is -2.22. The Kier molecular flexibility index (Phi) is 4.84. The summed E-state index contributed by atoms with van der Waals surface area (Å²) in [5, 5.41) is 3.26. The van der Waals surface area contributed by atoms with Crippen molar-refractivity contribution in [3.05, 3.63) is 30.1 Å². The Hall–Kier alpha value is -1.42. The summed E-state index contributed by atoms with van der Waals surface area (Å²) in [6, 6.07) is 5.91. The van der Waals surface area contributed by atoms with Crippen LogP contribution in [0.25, 0.3) is 0 Å². The molecule has 1 amide bonds. The van der Waals surface area contributed by atoms with Gasteiger partial charge in [0.05, 0.1) is 0 Å². The van der Waals surface area contributed by atoms with E-state index >= 15 is 0 Å². The number of halogens is 1. The van der Waals surface area contributed by atoms with Crippen molar-refractivity contribution in [1.29, 1.82) is 0 Å². The Labute approximate surface area is 108 Å². The molecule has 1 aromatic carbocycles. The summed E-state index contributed by atoms with van der Waals surface area (Å²) in [7, 11) is 1.70. The third kappa shape index (κ3) is 4.84. The number of hydrogen-bond acceptors (Lipinski definition) is 2. The molecule has 0 aromatic heterocycles. The third-order valence-electron chi connectivity index (χ3n) is 2.58. The molecular formula is C14H21FN2O. The number of nitrogens with one attached hydrogen (secondary N) is 1. The highest BCUT2D eigenvalue weighted by Crippen LogP contribution is 2.13. The van der Waals surface area contributed by atoms with E-state index in [0.717, 1.165) is 0 Å². The van der Waals surface area contributed by atoms with Gasteiger partial charge < -0.3 is 10.2 Å². The van der Waals surface area contributed by atoms with Crippen LogP contribution in [0.5, 0.6) is 0 Å². The lowest BCUT2D eigenvalue weighted by Crippen LogP contribution is -2.38. The molecule has 0 fully saturated rings. The second-order valence-corrected chi connectivity index (χ2v) is 5.36. The van der Waals surface area contributed by atoms with Crippen LogP contribution in [0.1, 0.15) is 27.2 Å². The van der Waals surface area contributed by atoms with Crippen LogP contribution in [-0.2, 0) is 4.79 Å². The Morgan fingerprint density at radius 2 is 1.83 bits per heavy atom. The quantitative estimate of drug-likeness (QED) is 0.893. The lowest BCUT2D eigenvalue weighted by atomic mass is 10.1. The minimum Gasteiger partial charge on any atom is -0.315 e. The highest BCUT2D eigenvalue weighted by molar-refractivity contribution is 5.92. The minimum atomic E-state index is -0.297. The maximum Gasteiger partial charge on any atom is 0.227 e. The van der Waals surface area contributed by atoms with Gasteiger partial charge in [0.25, 0.3) is 0 Å². The SMILES string of the molecule is CN(C(=O)CCNC(C)(C)C)c1ccc(F)cc1. The van der Waals surface area contributed by atoms with Crippen LogP contribution < -0.4 is 10.2 Å². The van der Waals surface area contributed by atoms with E-state index in [1.165, 1.54) is 12.1 Å². The van der Waals surface area contributed by atoms with E-state index in [1.54, 1.807) is 24.1 Å². The number of carbonyl (C=O) groups is 1. The van der Waals surface area contributed by atoms with Gasteiger partial charge in [-0.05, 0) is 45.0 Å². The van der Waals surface area contributed by atoms with Gasteiger partial charge >= 0.3 is 0 Å². The first kappa shape index (κ1) is 14.6. The molecule has 0 saturated heterocycles. The minimum absolute atomic E-state index is 0.00866. The van der Waals surface area contributed by atoms with E-state index in [0.29, 0.717) is 18.7 Å². The molecule has 100 valence electrons. The van der Waals surface area contributed by atoms with Crippen LogP contribution in [0, 0.1) is 5.82 Å². The zero-order chi connectivity index (χ0) is 13.8. The zero-order valence-corrected chi connectivity index (χ0v) is 11.5. The average molecular weight is 252 g/mol. The highest BCUT2D eigenvalue weighted by atomic mass is 19.1. The van der Waals surface area contributed by atoms with E-state index in [2.05, 4.69) is 26.1 Å². The third-order valence-corrected chi connectivity index (χ3v) is 2.58. The number of hydrogen-bond donors (Lipinski definition) is 1. The molecule has 1 rings (SSSR count). The van der Waals surface area contributed by atoms with Crippen molar-refractivity contribution in [2.24, 2.45) is 0 Å². The summed E-state index contributed by atoms with van der Waals surface area (Å²) < 4.78 is 12.8. The summed E-state index contributed by atoms with van der Waals surface area (Å²) >= 11 is 0. The second kappa shape index (κ2) is 5.96. The normalized spacial score (nSPS) is 11.4. The lowest BCUT2D eigenvalue weighted by molar-refractivity contribution is -0.118. The van der Waals surface area contributed by atoms with Crippen LogP contribution in [-0.4, -0.2) is 25.0 Å². The molecule has 0 heterocycles. The van der Waals surface area contributed by atoms with E-state index in [9.17, 15) is 9.18 Å². The number of benzene rings is 1. The van der Waals surface area contributed by atoms with Crippen LogP contribution in [0.3, 0.4) is 0 Å². The number of amides is 1. The molecule has 4 heteroatoms. The van der Waals surface area contributed by atoms with E-state index < -0.39 is 0 Å². The number of carbonyl (C=O) groups excluding carboxylic acids is 1. The van der Waals surface area contributed by atoms with Crippen molar-refractivity contribution in [1.82, 2.24) is 5.32 Å². The first-order valence-electron chi connectivity index (χ1n) is 6.07. The smallest absolute Gasteiger partial charge is 0.227 e. The van der Waals surface area contributed by atoms with Gasteiger partial charge in [0.1, 0.15) is 5.82 Å². The van der Waals surface area contributed by atoms with Gasteiger partial charge in [-0.1, -0.05) is 0 Å². The molecule has 3 nitrogen and oxygen atoms in total. The molecule has 0 aliphatic heterocycles. The standard InChI is InChI=1S/C14H21FN2O/c1-14(2,3)16-10-9-13(18)17(4)12-7-5-11(15)6-8-12/h5-8,16H,9-10H2,1-4H3. The molecule has 0 unspecified atom stereocenters. The van der Waals surface area contributed by atoms with Crippen molar-refractivity contribution in [3.8, 4) is 0 Å². The Balaban J connectivity index is 2.49. The Bertz CT molecular complexity index is 395.